The van der Waals surface area contributed by atoms with Crippen LogP contribution in [0.5, 0.6) is 0 Å². The van der Waals surface area contributed by atoms with Crippen LogP contribution in [0, 0.1) is 11.3 Å². The van der Waals surface area contributed by atoms with Crippen LogP contribution < -0.4 is 5.32 Å². The molecule has 1 atom stereocenters. The maximum Gasteiger partial charge on any atom is 0.0968 e. The quantitative estimate of drug-likeness (QED) is 0.700. The molecule has 1 aromatic heterocycles. The van der Waals surface area contributed by atoms with Crippen molar-refractivity contribution in [3.8, 4) is 6.07 Å². The summed E-state index contributed by atoms with van der Waals surface area (Å²) >= 11 is 0. The molecule has 0 amide bonds. The molecular weight excluding hydrogens is 152 g/mol. The smallest absolute Gasteiger partial charge is 0.0968 e. The minimum atomic E-state index is -0.0748. The number of hydrogen-bond acceptors (Lipinski definition) is 3. The predicted molar refractivity (Wildman–Crippen MR) is 45.3 cm³/mol. The summed E-state index contributed by atoms with van der Waals surface area (Å²) in [6.07, 6.45) is 4.42. The van der Waals surface area contributed by atoms with Gasteiger partial charge in [0.15, 0.2) is 0 Å². The zero-order chi connectivity index (χ0) is 8.81. The Hall–Kier alpha value is -1.34. The Kier molecular flexibility index (Phi) is 3.30. The molecule has 1 heterocycles. The highest BCUT2D eigenvalue weighted by atomic mass is 15.3. The molecule has 1 unspecified atom stereocenters. The summed E-state index contributed by atoms with van der Waals surface area (Å²) in [5, 5.41) is 15.6. The third kappa shape index (κ3) is 2.36. The SMILES string of the molecule is CNC(C#N)CCn1cccn1. The van der Waals surface area contributed by atoms with E-state index in [1.807, 2.05) is 16.9 Å². The third-order valence-corrected chi connectivity index (χ3v) is 1.71. The van der Waals surface area contributed by atoms with Crippen LogP contribution in [0.2, 0.25) is 0 Å². The first-order valence-corrected chi connectivity index (χ1v) is 3.91. The van der Waals surface area contributed by atoms with Gasteiger partial charge in [0.1, 0.15) is 0 Å². The largest absolute Gasteiger partial charge is 0.305 e. The van der Waals surface area contributed by atoms with Crippen LogP contribution in [0.1, 0.15) is 6.42 Å². The lowest BCUT2D eigenvalue weighted by Gasteiger charge is -2.06. The van der Waals surface area contributed by atoms with Gasteiger partial charge < -0.3 is 5.32 Å². The Balaban J connectivity index is 2.31. The van der Waals surface area contributed by atoms with Crippen molar-refractivity contribution in [3.05, 3.63) is 18.5 Å². The normalized spacial score (nSPS) is 12.3. The standard InChI is InChI=1S/C8H12N4/c1-10-8(7-9)3-6-12-5-2-4-11-12/h2,4-5,8,10H,3,6H2,1H3. The van der Waals surface area contributed by atoms with Gasteiger partial charge in [-0.15, -0.1) is 0 Å². The maximum absolute atomic E-state index is 8.61. The molecule has 0 aliphatic heterocycles. The lowest BCUT2D eigenvalue weighted by Crippen LogP contribution is -2.24. The van der Waals surface area contributed by atoms with Crippen LogP contribution in [0.4, 0.5) is 0 Å². The maximum atomic E-state index is 8.61. The molecule has 0 aliphatic rings. The molecule has 12 heavy (non-hydrogen) atoms. The van der Waals surface area contributed by atoms with Crippen molar-refractivity contribution in [1.29, 1.82) is 5.26 Å². The average molecular weight is 164 g/mol. The number of rotatable bonds is 4. The van der Waals surface area contributed by atoms with E-state index >= 15 is 0 Å². The summed E-state index contributed by atoms with van der Waals surface area (Å²) in [6, 6.07) is 3.96. The molecule has 0 bridgehead atoms. The van der Waals surface area contributed by atoms with Crippen molar-refractivity contribution in [2.24, 2.45) is 0 Å². The van der Waals surface area contributed by atoms with E-state index in [0.717, 1.165) is 13.0 Å². The summed E-state index contributed by atoms with van der Waals surface area (Å²) in [5.74, 6) is 0. The van der Waals surface area contributed by atoms with E-state index in [1.165, 1.54) is 0 Å². The van der Waals surface area contributed by atoms with E-state index in [-0.39, 0.29) is 6.04 Å². The first kappa shape index (κ1) is 8.75. The highest BCUT2D eigenvalue weighted by molar-refractivity contribution is 4.88. The summed E-state index contributed by atoms with van der Waals surface area (Å²) in [4.78, 5) is 0. The fourth-order valence-electron chi connectivity index (χ4n) is 0.968. The minimum absolute atomic E-state index is 0.0748. The van der Waals surface area contributed by atoms with Gasteiger partial charge in [-0.3, -0.25) is 4.68 Å². The van der Waals surface area contributed by atoms with E-state index in [0.29, 0.717) is 0 Å². The third-order valence-electron chi connectivity index (χ3n) is 1.71. The van der Waals surface area contributed by atoms with Crippen LogP contribution in [0.15, 0.2) is 18.5 Å². The molecule has 0 saturated carbocycles. The lowest BCUT2D eigenvalue weighted by atomic mass is 10.2. The molecule has 0 aromatic carbocycles. The summed E-state index contributed by atoms with van der Waals surface area (Å²) in [6.45, 7) is 0.784. The summed E-state index contributed by atoms with van der Waals surface area (Å²) < 4.78 is 1.82. The monoisotopic (exact) mass is 164 g/mol. The molecule has 64 valence electrons. The molecule has 0 fully saturated rings. The van der Waals surface area contributed by atoms with Gasteiger partial charge in [-0.25, -0.2) is 0 Å². The fourth-order valence-corrected chi connectivity index (χ4v) is 0.968. The summed E-state index contributed by atoms with van der Waals surface area (Å²) in [7, 11) is 1.79. The van der Waals surface area contributed by atoms with Gasteiger partial charge in [0.2, 0.25) is 0 Å². The van der Waals surface area contributed by atoms with Crippen molar-refractivity contribution in [1.82, 2.24) is 15.1 Å². The zero-order valence-electron chi connectivity index (χ0n) is 7.07. The number of nitriles is 1. The van der Waals surface area contributed by atoms with Gasteiger partial charge in [-0.1, -0.05) is 0 Å². The van der Waals surface area contributed by atoms with E-state index in [9.17, 15) is 0 Å². The van der Waals surface area contributed by atoms with Crippen LogP contribution in [-0.4, -0.2) is 22.9 Å². The van der Waals surface area contributed by atoms with Crippen molar-refractivity contribution in [3.63, 3.8) is 0 Å². The van der Waals surface area contributed by atoms with Crippen molar-refractivity contribution >= 4 is 0 Å². The first-order chi connectivity index (χ1) is 5.86. The van der Waals surface area contributed by atoms with Crippen LogP contribution >= 0.6 is 0 Å². The predicted octanol–water partition coefficient (Wildman–Crippen LogP) is 0.385. The molecule has 4 heteroatoms. The van der Waals surface area contributed by atoms with E-state index in [2.05, 4.69) is 16.5 Å². The molecule has 1 aromatic rings. The lowest BCUT2D eigenvalue weighted by molar-refractivity contribution is 0.518. The number of hydrogen-bond donors (Lipinski definition) is 1. The molecule has 1 rings (SSSR count). The Labute approximate surface area is 71.8 Å². The Bertz CT molecular complexity index is 247. The Morgan fingerprint density at radius 3 is 3.08 bits per heavy atom. The van der Waals surface area contributed by atoms with Crippen LogP contribution in [0.3, 0.4) is 0 Å². The van der Waals surface area contributed by atoms with Gasteiger partial charge in [0, 0.05) is 18.9 Å². The molecule has 0 saturated heterocycles. The topological polar surface area (TPSA) is 53.6 Å². The summed E-state index contributed by atoms with van der Waals surface area (Å²) in [5.41, 5.74) is 0. The molecule has 0 aliphatic carbocycles. The van der Waals surface area contributed by atoms with Crippen LogP contribution in [-0.2, 0) is 6.54 Å². The highest BCUT2D eigenvalue weighted by Gasteiger charge is 2.02. The van der Waals surface area contributed by atoms with E-state index in [1.54, 1.807) is 13.2 Å². The second-order valence-electron chi connectivity index (χ2n) is 2.53. The average Bonchev–Trinajstić information content (AvgIpc) is 2.59. The van der Waals surface area contributed by atoms with Gasteiger partial charge in [0.05, 0.1) is 12.1 Å². The molecule has 1 N–H and O–H groups in total. The Morgan fingerprint density at radius 1 is 1.75 bits per heavy atom. The van der Waals surface area contributed by atoms with Crippen LogP contribution in [0.25, 0.3) is 0 Å². The molecule has 4 nitrogen and oxygen atoms in total. The van der Waals surface area contributed by atoms with Crippen molar-refractivity contribution in [2.75, 3.05) is 7.05 Å². The Morgan fingerprint density at radius 2 is 2.58 bits per heavy atom. The zero-order valence-corrected chi connectivity index (χ0v) is 7.07. The second kappa shape index (κ2) is 4.52. The minimum Gasteiger partial charge on any atom is -0.305 e. The highest BCUT2D eigenvalue weighted by Crippen LogP contribution is 1.93. The number of aryl methyl sites for hydroxylation is 1. The number of nitrogens with zero attached hydrogens (tertiary/aromatic N) is 3. The number of nitrogens with one attached hydrogen (secondary N) is 1. The first-order valence-electron chi connectivity index (χ1n) is 3.91. The van der Waals surface area contributed by atoms with E-state index in [4.69, 9.17) is 5.26 Å². The van der Waals surface area contributed by atoms with Gasteiger partial charge in [0.25, 0.3) is 0 Å². The molecular formula is C8H12N4. The number of aromatic nitrogens is 2. The van der Waals surface area contributed by atoms with Crippen molar-refractivity contribution < 1.29 is 0 Å². The van der Waals surface area contributed by atoms with E-state index < -0.39 is 0 Å². The van der Waals surface area contributed by atoms with Crippen molar-refractivity contribution in [2.45, 2.75) is 19.0 Å². The molecule has 0 radical (unpaired) electrons. The van der Waals surface area contributed by atoms with Gasteiger partial charge in [-0.05, 0) is 19.5 Å². The van der Waals surface area contributed by atoms with Gasteiger partial charge in [-0.2, -0.15) is 10.4 Å². The second-order valence-corrected chi connectivity index (χ2v) is 2.53. The van der Waals surface area contributed by atoms with Gasteiger partial charge >= 0.3 is 0 Å². The molecule has 0 spiro atoms. The fraction of sp³-hybridized carbons (Fsp3) is 0.500.